The second-order valence-corrected chi connectivity index (χ2v) is 9.47. The summed E-state index contributed by atoms with van der Waals surface area (Å²) in [5.41, 5.74) is 8.43. The van der Waals surface area contributed by atoms with Crippen LogP contribution in [0.3, 0.4) is 0 Å². The van der Waals surface area contributed by atoms with Crippen molar-refractivity contribution in [3.63, 3.8) is 0 Å². The van der Waals surface area contributed by atoms with Crippen molar-refractivity contribution in [2.24, 2.45) is 16.6 Å². The van der Waals surface area contributed by atoms with E-state index in [1.54, 1.807) is 0 Å². The van der Waals surface area contributed by atoms with Crippen LogP contribution in [0.15, 0.2) is 47.2 Å². The summed E-state index contributed by atoms with van der Waals surface area (Å²) in [4.78, 5) is 21.9. The van der Waals surface area contributed by atoms with Crippen LogP contribution in [0.4, 0.5) is 5.69 Å². The number of likely N-dealkylation sites (tertiary alicyclic amines) is 1. The topological polar surface area (TPSA) is 71.2 Å². The summed E-state index contributed by atoms with van der Waals surface area (Å²) >= 11 is 0. The summed E-state index contributed by atoms with van der Waals surface area (Å²) in [7, 11) is 0. The van der Waals surface area contributed by atoms with Gasteiger partial charge in [0.1, 0.15) is 11.5 Å². The maximum Gasteiger partial charge on any atom is 0.225 e. The van der Waals surface area contributed by atoms with Gasteiger partial charge in [0.05, 0.1) is 5.69 Å². The lowest BCUT2D eigenvalue weighted by Gasteiger charge is -2.41. The number of hydrogen-bond donors (Lipinski definition) is 1. The molecule has 2 aliphatic heterocycles. The minimum atomic E-state index is 0.251. The summed E-state index contributed by atoms with van der Waals surface area (Å²) in [5, 5.41) is 0. The van der Waals surface area contributed by atoms with Crippen LogP contribution in [-0.2, 0) is 11.3 Å². The van der Waals surface area contributed by atoms with Crippen molar-refractivity contribution in [3.05, 3.63) is 47.7 Å². The number of nitrogens with zero attached hydrogens (tertiary/aromatic N) is 3. The number of nitrogens with two attached hydrogens (primary N) is 1. The van der Waals surface area contributed by atoms with Crippen LogP contribution in [0.5, 0.6) is 5.75 Å². The molecule has 170 valence electrons. The van der Waals surface area contributed by atoms with E-state index in [4.69, 9.17) is 10.5 Å². The quantitative estimate of drug-likeness (QED) is 0.750. The van der Waals surface area contributed by atoms with E-state index >= 15 is 0 Å². The summed E-state index contributed by atoms with van der Waals surface area (Å²) < 4.78 is 6.06. The standard InChI is InChI=1S/C26H34N4O2/c27-26-28-24-12-11-23(32-22-9-5-2-6-10-22)17-20(24)18-30(26)21-13-15-29(16-14-21)25(31)19-7-3-1-4-8-19/h5,9-12,17,19,21H,1-4,6-8,13-16,18H2,(H2,27,28). The summed E-state index contributed by atoms with van der Waals surface area (Å²) in [6.07, 6.45) is 16.1. The lowest BCUT2D eigenvalue weighted by Crippen LogP contribution is -2.52. The van der Waals surface area contributed by atoms with Crippen molar-refractivity contribution in [3.8, 4) is 5.75 Å². The third-order valence-corrected chi connectivity index (χ3v) is 7.29. The summed E-state index contributed by atoms with van der Waals surface area (Å²) in [6.45, 7) is 2.37. The summed E-state index contributed by atoms with van der Waals surface area (Å²) in [5.74, 6) is 2.95. The third kappa shape index (κ3) is 4.54. The molecule has 4 aliphatic rings. The Kier molecular flexibility index (Phi) is 6.19. The molecule has 0 unspecified atom stereocenters. The Morgan fingerprint density at radius 2 is 1.88 bits per heavy atom. The first-order valence-electron chi connectivity index (χ1n) is 12.2. The van der Waals surface area contributed by atoms with E-state index in [1.165, 1.54) is 19.3 Å². The molecule has 5 rings (SSSR count). The molecule has 1 aromatic carbocycles. The molecule has 1 amide bonds. The first-order valence-corrected chi connectivity index (χ1v) is 12.2. The maximum atomic E-state index is 12.9. The molecular formula is C26H34N4O2. The van der Waals surface area contributed by atoms with Crippen LogP contribution < -0.4 is 10.5 Å². The number of fused-ring (bicyclic) bond motifs is 1. The molecule has 0 bridgehead atoms. The van der Waals surface area contributed by atoms with E-state index < -0.39 is 0 Å². The Labute approximate surface area is 190 Å². The van der Waals surface area contributed by atoms with Gasteiger partial charge >= 0.3 is 0 Å². The van der Waals surface area contributed by atoms with Crippen molar-refractivity contribution < 1.29 is 9.53 Å². The van der Waals surface area contributed by atoms with Gasteiger partial charge in [-0.15, -0.1) is 0 Å². The molecule has 1 aromatic rings. The normalized spacial score (nSPS) is 22.2. The number of benzene rings is 1. The zero-order valence-electron chi connectivity index (χ0n) is 18.8. The lowest BCUT2D eigenvalue weighted by molar-refractivity contribution is -0.138. The second-order valence-electron chi connectivity index (χ2n) is 9.47. The van der Waals surface area contributed by atoms with Crippen LogP contribution in [0.25, 0.3) is 0 Å². The molecule has 0 radical (unpaired) electrons. The molecule has 1 saturated heterocycles. The average molecular weight is 435 g/mol. The molecule has 0 spiro atoms. The maximum absolute atomic E-state index is 12.9. The van der Waals surface area contributed by atoms with Crippen molar-refractivity contribution in [1.29, 1.82) is 0 Å². The van der Waals surface area contributed by atoms with Gasteiger partial charge in [0.15, 0.2) is 5.96 Å². The molecule has 0 aromatic heterocycles. The highest BCUT2D eigenvalue weighted by atomic mass is 16.5. The van der Waals surface area contributed by atoms with Crippen LogP contribution in [0.2, 0.25) is 0 Å². The van der Waals surface area contributed by atoms with Crippen molar-refractivity contribution in [2.75, 3.05) is 13.1 Å². The number of rotatable bonds is 4. The second kappa shape index (κ2) is 9.39. The number of aliphatic imine (C=N–C) groups is 1. The highest BCUT2D eigenvalue weighted by Crippen LogP contribution is 2.33. The number of carbonyl (C=O) groups excluding carboxylic acids is 1. The Bertz CT molecular complexity index is 937. The van der Waals surface area contributed by atoms with Gasteiger partial charge in [-0.3, -0.25) is 4.79 Å². The predicted octanol–water partition coefficient (Wildman–Crippen LogP) is 4.63. The highest BCUT2D eigenvalue weighted by molar-refractivity contribution is 5.84. The SMILES string of the molecule is NC1=Nc2ccc(OC3=CCCC=C3)cc2CN1C1CCN(C(=O)C2CCCCC2)CC1. The van der Waals surface area contributed by atoms with E-state index in [9.17, 15) is 4.79 Å². The van der Waals surface area contributed by atoms with E-state index in [2.05, 4.69) is 33.0 Å². The largest absolute Gasteiger partial charge is 0.458 e. The van der Waals surface area contributed by atoms with Gasteiger partial charge in [-0.2, -0.15) is 0 Å². The van der Waals surface area contributed by atoms with Crippen molar-refractivity contribution in [1.82, 2.24) is 9.80 Å². The van der Waals surface area contributed by atoms with E-state index in [1.807, 2.05) is 18.2 Å². The number of hydrogen-bond acceptors (Lipinski definition) is 5. The number of piperidine rings is 1. The van der Waals surface area contributed by atoms with Gasteiger partial charge in [0.2, 0.25) is 5.91 Å². The predicted molar refractivity (Wildman–Crippen MR) is 127 cm³/mol. The Hall–Kier alpha value is -2.76. The first kappa shape index (κ1) is 21.1. The first-order chi connectivity index (χ1) is 15.7. The molecule has 32 heavy (non-hydrogen) atoms. The van der Waals surface area contributed by atoms with Crippen LogP contribution in [0, 0.1) is 5.92 Å². The van der Waals surface area contributed by atoms with Crippen molar-refractivity contribution >= 4 is 17.6 Å². The fourth-order valence-electron chi connectivity index (χ4n) is 5.44. The van der Waals surface area contributed by atoms with Gasteiger partial charge in [0.25, 0.3) is 0 Å². The number of carbonyl (C=O) groups is 1. The number of guanidine groups is 1. The fourth-order valence-corrected chi connectivity index (χ4v) is 5.44. The average Bonchev–Trinajstić information content (AvgIpc) is 2.85. The number of amides is 1. The minimum Gasteiger partial charge on any atom is -0.458 e. The monoisotopic (exact) mass is 434 g/mol. The molecule has 2 fully saturated rings. The minimum absolute atomic E-state index is 0.251. The molecular weight excluding hydrogens is 400 g/mol. The highest BCUT2D eigenvalue weighted by Gasteiger charge is 2.33. The molecule has 2 N–H and O–H groups in total. The molecule has 2 aliphatic carbocycles. The van der Waals surface area contributed by atoms with Crippen LogP contribution >= 0.6 is 0 Å². The van der Waals surface area contributed by atoms with Gasteiger partial charge in [0, 0.05) is 37.2 Å². The fraction of sp³-hybridized carbons (Fsp3) is 0.538. The van der Waals surface area contributed by atoms with Gasteiger partial charge in [-0.05, 0) is 68.9 Å². The lowest BCUT2D eigenvalue weighted by atomic mass is 9.87. The van der Waals surface area contributed by atoms with E-state index in [0.717, 1.165) is 80.9 Å². The van der Waals surface area contributed by atoms with Gasteiger partial charge in [-0.1, -0.05) is 25.3 Å². The van der Waals surface area contributed by atoms with Crippen LogP contribution in [-0.4, -0.2) is 40.8 Å². The van der Waals surface area contributed by atoms with Gasteiger partial charge in [-0.25, -0.2) is 4.99 Å². The van der Waals surface area contributed by atoms with Crippen molar-refractivity contribution in [2.45, 2.75) is 70.4 Å². The number of ether oxygens (including phenoxy) is 1. The smallest absolute Gasteiger partial charge is 0.225 e. The zero-order chi connectivity index (χ0) is 21.9. The van der Waals surface area contributed by atoms with E-state index in [0.29, 0.717) is 17.9 Å². The Balaban J connectivity index is 1.22. The molecule has 6 heteroatoms. The van der Waals surface area contributed by atoms with E-state index in [-0.39, 0.29) is 5.92 Å². The molecule has 1 saturated carbocycles. The Morgan fingerprint density at radius 3 is 2.62 bits per heavy atom. The molecule has 0 atom stereocenters. The Morgan fingerprint density at radius 1 is 1.06 bits per heavy atom. The molecule has 2 heterocycles. The third-order valence-electron chi connectivity index (χ3n) is 7.29. The van der Waals surface area contributed by atoms with Crippen LogP contribution in [0.1, 0.15) is 63.4 Å². The zero-order valence-corrected chi connectivity index (χ0v) is 18.8. The summed E-state index contributed by atoms with van der Waals surface area (Å²) in [6, 6.07) is 6.36. The molecule has 6 nitrogen and oxygen atoms in total. The van der Waals surface area contributed by atoms with Gasteiger partial charge < -0.3 is 20.3 Å². The number of allylic oxidation sites excluding steroid dienone is 3.